The fraction of sp³-hybridized carbons (Fsp3) is 0.745. The Balaban J connectivity index is 4.54. The SMILES string of the molecule is CC/C=C/C=C/C=C\C=C/C=C/CCCCCC(=O)OC(CCCCCCCCC)CC(=O)NC(CO)C(O)CCCCCCCCCCCCCC. The number of esters is 1. The highest BCUT2D eigenvalue weighted by Crippen LogP contribution is 2.17. The zero-order valence-electron chi connectivity index (χ0n) is 34.6. The molecule has 306 valence electrons. The highest BCUT2D eigenvalue weighted by Gasteiger charge is 2.24. The van der Waals surface area contributed by atoms with E-state index in [0.717, 1.165) is 70.6 Å². The number of aliphatic hydroxyl groups is 2. The minimum absolute atomic E-state index is 0.0586. The van der Waals surface area contributed by atoms with Crippen LogP contribution in [0.3, 0.4) is 0 Å². The molecular weight excluding hydrogens is 659 g/mol. The third-order valence-corrected chi connectivity index (χ3v) is 9.74. The van der Waals surface area contributed by atoms with Gasteiger partial charge in [-0.2, -0.15) is 0 Å². The summed E-state index contributed by atoms with van der Waals surface area (Å²) in [6, 6.07) is -0.707. The van der Waals surface area contributed by atoms with Gasteiger partial charge >= 0.3 is 5.97 Å². The van der Waals surface area contributed by atoms with E-state index in [2.05, 4.69) is 44.3 Å². The topological polar surface area (TPSA) is 95.9 Å². The second-order valence-corrected chi connectivity index (χ2v) is 14.8. The normalized spacial score (nSPS) is 14.0. The van der Waals surface area contributed by atoms with Crippen molar-refractivity contribution >= 4 is 11.9 Å². The number of rotatable bonds is 38. The quantitative estimate of drug-likeness (QED) is 0.0333. The van der Waals surface area contributed by atoms with Crippen molar-refractivity contribution in [1.82, 2.24) is 5.32 Å². The number of nitrogens with one attached hydrogen (secondary N) is 1. The van der Waals surface area contributed by atoms with E-state index in [-0.39, 0.29) is 24.9 Å². The molecule has 0 bridgehead atoms. The van der Waals surface area contributed by atoms with Gasteiger partial charge in [0.05, 0.1) is 25.2 Å². The first kappa shape index (κ1) is 50.6. The van der Waals surface area contributed by atoms with Gasteiger partial charge in [0.15, 0.2) is 0 Å². The first-order chi connectivity index (χ1) is 26.0. The molecule has 0 aliphatic carbocycles. The molecule has 0 heterocycles. The fourth-order valence-electron chi connectivity index (χ4n) is 6.39. The van der Waals surface area contributed by atoms with Crippen molar-refractivity contribution < 1.29 is 24.5 Å². The van der Waals surface area contributed by atoms with Crippen LogP contribution in [0.2, 0.25) is 0 Å². The summed E-state index contributed by atoms with van der Waals surface area (Å²) >= 11 is 0. The van der Waals surface area contributed by atoms with E-state index in [0.29, 0.717) is 19.3 Å². The first-order valence-electron chi connectivity index (χ1n) is 22.1. The maximum atomic E-state index is 13.1. The van der Waals surface area contributed by atoms with E-state index in [1.807, 2.05) is 42.5 Å². The van der Waals surface area contributed by atoms with Crippen molar-refractivity contribution in [2.45, 2.75) is 219 Å². The molecule has 3 unspecified atom stereocenters. The maximum Gasteiger partial charge on any atom is 0.306 e. The van der Waals surface area contributed by atoms with E-state index in [4.69, 9.17) is 4.74 Å². The molecule has 6 nitrogen and oxygen atoms in total. The van der Waals surface area contributed by atoms with E-state index in [9.17, 15) is 19.8 Å². The first-order valence-corrected chi connectivity index (χ1v) is 22.1. The molecule has 0 fully saturated rings. The summed E-state index contributed by atoms with van der Waals surface area (Å²) in [7, 11) is 0. The van der Waals surface area contributed by atoms with Crippen LogP contribution in [0.5, 0.6) is 0 Å². The number of ether oxygens (including phenoxy) is 1. The number of aliphatic hydroxyl groups excluding tert-OH is 2. The Morgan fingerprint density at radius 1 is 0.566 bits per heavy atom. The Kier molecular flexibility index (Phi) is 38.9. The molecule has 0 spiro atoms. The number of carbonyl (C=O) groups excluding carboxylic acids is 2. The van der Waals surface area contributed by atoms with E-state index in [1.165, 1.54) is 83.5 Å². The van der Waals surface area contributed by atoms with Crippen molar-refractivity contribution in [2.24, 2.45) is 0 Å². The summed E-state index contributed by atoms with van der Waals surface area (Å²) in [6.45, 7) is 6.27. The van der Waals surface area contributed by atoms with Crippen molar-refractivity contribution in [2.75, 3.05) is 6.61 Å². The van der Waals surface area contributed by atoms with Crippen molar-refractivity contribution in [3.05, 3.63) is 60.8 Å². The molecule has 0 saturated heterocycles. The lowest BCUT2D eigenvalue weighted by molar-refractivity contribution is -0.151. The van der Waals surface area contributed by atoms with E-state index < -0.39 is 18.2 Å². The third-order valence-electron chi connectivity index (χ3n) is 9.74. The summed E-state index contributed by atoms with van der Waals surface area (Å²) in [4.78, 5) is 25.8. The summed E-state index contributed by atoms with van der Waals surface area (Å²) in [5, 5.41) is 23.6. The lowest BCUT2D eigenvalue weighted by atomic mass is 10.0. The number of unbranched alkanes of at least 4 members (excludes halogenated alkanes) is 20. The van der Waals surface area contributed by atoms with Crippen molar-refractivity contribution in [3.63, 3.8) is 0 Å². The van der Waals surface area contributed by atoms with Gasteiger partial charge in [0.1, 0.15) is 6.10 Å². The van der Waals surface area contributed by atoms with Crippen LogP contribution in [0.4, 0.5) is 0 Å². The fourth-order valence-corrected chi connectivity index (χ4v) is 6.39. The van der Waals surface area contributed by atoms with Gasteiger partial charge in [0.25, 0.3) is 0 Å². The molecule has 0 aromatic carbocycles. The largest absolute Gasteiger partial charge is 0.462 e. The smallest absolute Gasteiger partial charge is 0.306 e. The van der Waals surface area contributed by atoms with Gasteiger partial charge in [0.2, 0.25) is 5.91 Å². The van der Waals surface area contributed by atoms with Crippen LogP contribution in [0.15, 0.2) is 60.8 Å². The Hall–Kier alpha value is -2.44. The molecule has 0 aromatic heterocycles. The van der Waals surface area contributed by atoms with Crippen LogP contribution in [0, 0.1) is 0 Å². The molecule has 0 rings (SSSR count). The van der Waals surface area contributed by atoms with Gasteiger partial charge < -0.3 is 20.3 Å². The second-order valence-electron chi connectivity index (χ2n) is 14.8. The zero-order valence-corrected chi connectivity index (χ0v) is 34.6. The number of amides is 1. The molecule has 53 heavy (non-hydrogen) atoms. The standard InChI is InChI=1S/C47H83NO5/c1-4-7-10-13-16-18-20-22-23-24-26-28-31-34-37-40-47(52)53-43(38-35-32-29-15-12-9-6-3)41-46(51)48-44(42-49)45(50)39-36-33-30-27-25-21-19-17-14-11-8-5-2/h7,10,13,16,18,20,22-24,26,43-45,49-50H,4-6,8-9,11-12,14-15,17,19,21,25,27-42H2,1-3H3,(H,48,51)/b10-7+,16-13+,20-18-,23-22-,26-24+. The lowest BCUT2D eigenvalue weighted by Crippen LogP contribution is -2.46. The van der Waals surface area contributed by atoms with Gasteiger partial charge in [-0.3, -0.25) is 9.59 Å². The number of carbonyl (C=O) groups is 2. The minimum atomic E-state index is -0.792. The van der Waals surface area contributed by atoms with Crippen LogP contribution < -0.4 is 5.32 Å². The summed E-state index contributed by atoms with van der Waals surface area (Å²) < 4.78 is 5.85. The molecule has 6 heteroatoms. The molecule has 3 N–H and O–H groups in total. The van der Waals surface area contributed by atoms with Gasteiger partial charge in [-0.25, -0.2) is 0 Å². The third kappa shape index (κ3) is 36.3. The highest BCUT2D eigenvalue weighted by molar-refractivity contribution is 5.77. The van der Waals surface area contributed by atoms with Gasteiger partial charge in [0, 0.05) is 6.42 Å². The molecule has 0 aliphatic rings. The molecule has 1 amide bonds. The lowest BCUT2D eigenvalue weighted by Gasteiger charge is -2.24. The van der Waals surface area contributed by atoms with Crippen LogP contribution >= 0.6 is 0 Å². The Morgan fingerprint density at radius 3 is 1.53 bits per heavy atom. The minimum Gasteiger partial charge on any atom is -0.462 e. The molecule has 0 aliphatic heterocycles. The zero-order chi connectivity index (χ0) is 38.9. The Bertz CT molecular complexity index is 968. The van der Waals surface area contributed by atoms with Crippen molar-refractivity contribution in [1.29, 1.82) is 0 Å². The predicted octanol–water partition coefficient (Wildman–Crippen LogP) is 12.5. The molecular formula is C47H83NO5. The Morgan fingerprint density at radius 2 is 1.02 bits per heavy atom. The summed E-state index contributed by atoms with van der Waals surface area (Å²) in [5.74, 6) is -0.531. The maximum absolute atomic E-state index is 13.1. The summed E-state index contributed by atoms with van der Waals surface area (Å²) in [5.41, 5.74) is 0. The van der Waals surface area contributed by atoms with E-state index >= 15 is 0 Å². The van der Waals surface area contributed by atoms with Crippen molar-refractivity contribution in [3.8, 4) is 0 Å². The average molecular weight is 742 g/mol. The molecule has 0 aromatic rings. The number of hydrogen-bond acceptors (Lipinski definition) is 5. The average Bonchev–Trinajstić information content (AvgIpc) is 3.15. The highest BCUT2D eigenvalue weighted by atomic mass is 16.5. The van der Waals surface area contributed by atoms with Crippen LogP contribution in [-0.2, 0) is 14.3 Å². The summed E-state index contributed by atoms with van der Waals surface area (Å²) in [6.07, 6.45) is 48.6. The van der Waals surface area contributed by atoms with Crippen LogP contribution in [0.1, 0.15) is 201 Å². The van der Waals surface area contributed by atoms with Gasteiger partial charge in [-0.1, -0.05) is 204 Å². The molecule has 0 saturated carbocycles. The van der Waals surface area contributed by atoms with Gasteiger partial charge in [-0.05, 0) is 44.9 Å². The van der Waals surface area contributed by atoms with Crippen LogP contribution in [-0.4, -0.2) is 46.9 Å². The van der Waals surface area contributed by atoms with Crippen LogP contribution in [0.25, 0.3) is 0 Å². The molecule has 3 atom stereocenters. The number of allylic oxidation sites excluding steroid dienone is 10. The second kappa shape index (κ2) is 40.7. The number of hydrogen-bond donors (Lipinski definition) is 3. The van der Waals surface area contributed by atoms with E-state index in [1.54, 1.807) is 0 Å². The van der Waals surface area contributed by atoms with Gasteiger partial charge in [-0.15, -0.1) is 0 Å². The monoisotopic (exact) mass is 742 g/mol. The predicted molar refractivity (Wildman–Crippen MR) is 227 cm³/mol. The molecule has 0 radical (unpaired) electrons. The Labute approximate surface area is 327 Å².